The molecule has 1 unspecified atom stereocenters. The lowest BCUT2D eigenvalue weighted by Crippen LogP contribution is -2.12. The minimum absolute atomic E-state index is 0.391. The summed E-state index contributed by atoms with van der Waals surface area (Å²) in [5.41, 5.74) is 2.49. The Hall–Kier alpha value is -0.830. The van der Waals surface area contributed by atoms with Gasteiger partial charge >= 0.3 is 0 Å². The molecule has 0 saturated heterocycles. The molecule has 0 amide bonds. The normalized spacial score (nSPS) is 22.6. The van der Waals surface area contributed by atoms with Crippen molar-refractivity contribution in [2.24, 2.45) is 5.41 Å². The van der Waals surface area contributed by atoms with Crippen LogP contribution in [0.3, 0.4) is 0 Å². The fourth-order valence-corrected chi connectivity index (χ4v) is 1.77. The fourth-order valence-electron chi connectivity index (χ4n) is 1.59. The van der Waals surface area contributed by atoms with E-state index in [4.69, 9.17) is 11.6 Å². The number of anilines is 1. The SMILES string of the molecule is Cc1c(Cl)nnc(NC2CC2(C)C)c1C. The highest BCUT2D eigenvalue weighted by molar-refractivity contribution is 6.30. The zero-order chi connectivity index (χ0) is 11.2. The highest BCUT2D eigenvalue weighted by Crippen LogP contribution is 2.46. The Bertz CT molecular complexity index is 401. The van der Waals surface area contributed by atoms with Crippen molar-refractivity contribution in [1.82, 2.24) is 10.2 Å². The summed E-state index contributed by atoms with van der Waals surface area (Å²) in [7, 11) is 0. The molecule has 2 rings (SSSR count). The van der Waals surface area contributed by atoms with Gasteiger partial charge in [-0.25, -0.2) is 0 Å². The van der Waals surface area contributed by atoms with Crippen LogP contribution in [0.2, 0.25) is 5.15 Å². The van der Waals surface area contributed by atoms with Gasteiger partial charge in [0, 0.05) is 6.04 Å². The number of hydrogen-bond acceptors (Lipinski definition) is 3. The van der Waals surface area contributed by atoms with E-state index in [2.05, 4.69) is 29.4 Å². The third-order valence-electron chi connectivity index (χ3n) is 3.29. The van der Waals surface area contributed by atoms with Crippen LogP contribution in [0, 0.1) is 19.3 Å². The van der Waals surface area contributed by atoms with Crippen molar-refractivity contribution in [2.75, 3.05) is 5.32 Å². The van der Waals surface area contributed by atoms with E-state index < -0.39 is 0 Å². The van der Waals surface area contributed by atoms with Gasteiger partial charge in [-0.05, 0) is 36.8 Å². The van der Waals surface area contributed by atoms with Gasteiger partial charge in [0.05, 0.1) is 0 Å². The van der Waals surface area contributed by atoms with E-state index in [0.29, 0.717) is 16.6 Å². The molecule has 1 atom stereocenters. The molecule has 82 valence electrons. The van der Waals surface area contributed by atoms with Crippen molar-refractivity contribution in [2.45, 2.75) is 40.2 Å². The predicted octanol–water partition coefficient (Wildman–Crippen LogP) is 2.96. The van der Waals surface area contributed by atoms with E-state index in [1.807, 2.05) is 13.8 Å². The van der Waals surface area contributed by atoms with E-state index in [1.54, 1.807) is 0 Å². The largest absolute Gasteiger partial charge is 0.365 e. The van der Waals surface area contributed by atoms with Crippen LogP contribution in [0.25, 0.3) is 0 Å². The molecule has 1 N–H and O–H groups in total. The summed E-state index contributed by atoms with van der Waals surface area (Å²) < 4.78 is 0. The molecule has 1 aliphatic carbocycles. The molecule has 1 aromatic heterocycles. The average molecular weight is 226 g/mol. The smallest absolute Gasteiger partial charge is 0.155 e. The van der Waals surface area contributed by atoms with Crippen molar-refractivity contribution >= 4 is 17.4 Å². The number of rotatable bonds is 2. The molecule has 1 fully saturated rings. The lowest BCUT2D eigenvalue weighted by atomic mass is 10.1. The molecular formula is C11H16ClN3. The van der Waals surface area contributed by atoms with Crippen LogP contribution < -0.4 is 5.32 Å². The molecule has 4 heteroatoms. The minimum Gasteiger partial charge on any atom is -0.365 e. The van der Waals surface area contributed by atoms with E-state index in [9.17, 15) is 0 Å². The summed E-state index contributed by atoms with van der Waals surface area (Å²) in [5, 5.41) is 11.9. The summed E-state index contributed by atoms with van der Waals surface area (Å²) in [6.45, 7) is 8.48. The third kappa shape index (κ3) is 1.93. The number of aromatic nitrogens is 2. The second-order valence-corrected chi connectivity index (χ2v) is 5.34. The van der Waals surface area contributed by atoms with Crippen LogP contribution >= 0.6 is 11.6 Å². The van der Waals surface area contributed by atoms with Crippen LogP contribution in [-0.2, 0) is 0 Å². The zero-order valence-corrected chi connectivity index (χ0v) is 10.3. The van der Waals surface area contributed by atoms with Crippen LogP contribution in [0.5, 0.6) is 0 Å². The number of nitrogens with zero attached hydrogens (tertiary/aromatic N) is 2. The molecule has 1 aliphatic rings. The summed E-state index contributed by atoms with van der Waals surface area (Å²) in [5.74, 6) is 0.868. The Morgan fingerprint density at radius 1 is 1.27 bits per heavy atom. The lowest BCUT2D eigenvalue weighted by Gasteiger charge is -2.11. The summed E-state index contributed by atoms with van der Waals surface area (Å²) in [6.07, 6.45) is 1.19. The maximum absolute atomic E-state index is 5.89. The van der Waals surface area contributed by atoms with Crippen molar-refractivity contribution in [3.8, 4) is 0 Å². The maximum Gasteiger partial charge on any atom is 0.155 e. The van der Waals surface area contributed by atoms with Crippen molar-refractivity contribution in [3.05, 3.63) is 16.3 Å². The molecule has 0 aliphatic heterocycles. The van der Waals surface area contributed by atoms with Gasteiger partial charge in [-0.2, -0.15) is 0 Å². The number of hydrogen-bond donors (Lipinski definition) is 1. The molecule has 1 aromatic rings. The predicted molar refractivity (Wildman–Crippen MR) is 62.3 cm³/mol. The highest BCUT2D eigenvalue weighted by Gasteiger charge is 2.46. The van der Waals surface area contributed by atoms with Crippen molar-refractivity contribution < 1.29 is 0 Å². The monoisotopic (exact) mass is 225 g/mol. The van der Waals surface area contributed by atoms with E-state index in [0.717, 1.165) is 16.9 Å². The summed E-state index contributed by atoms with van der Waals surface area (Å²) >= 11 is 5.89. The lowest BCUT2D eigenvalue weighted by molar-refractivity contribution is 0.629. The molecule has 0 radical (unpaired) electrons. The first kappa shape index (κ1) is 10.7. The minimum atomic E-state index is 0.391. The topological polar surface area (TPSA) is 37.8 Å². The molecule has 15 heavy (non-hydrogen) atoms. The zero-order valence-electron chi connectivity index (χ0n) is 9.56. The Kier molecular flexibility index (Phi) is 2.38. The van der Waals surface area contributed by atoms with Crippen LogP contribution in [-0.4, -0.2) is 16.2 Å². The number of nitrogens with one attached hydrogen (secondary N) is 1. The van der Waals surface area contributed by atoms with Gasteiger partial charge in [-0.15, -0.1) is 10.2 Å². The fraction of sp³-hybridized carbons (Fsp3) is 0.636. The van der Waals surface area contributed by atoms with Gasteiger partial charge in [0.1, 0.15) is 0 Å². The van der Waals surface area contributed by atoms with Gasteiger partial charge in [0.2, 0.25) is 0 Å². The molecule has 0 bridgehead atoms. The van der Waals surface area contributed by atoms with Gasteiger partial charge in [-0.3, -0.25) is 0 Å². The second-order valence-electron chi connectivity index (χ2n) is 4.98. The van der Waals surface area contributed by atoms with E-state index in [1.165, 1.54) is 6.42 Å². The first-order chi connectivity index (χ1) is 6.92. The Morgan fingerprint density at radius 2 is 1.87 bits per heavy atom. The van der Waals surface area contributed by atoms with Gasteiger partial charge in [-0.1, -0.05) is 25.4 Å². The second kappa shape index (κ2) is 3.34. The number of halogens is 1. The molecule has 1 heterocycles. The quantitative estimate of drug-likeness (QED) is 0.841. The summed E-state index contributed by atoms with van der Waals surface area (Å²) in [4.78, 5) is 0. The van der Waals surface area contributed by atoms with Crippen LogP contribution in [0.4, 0.5) is 5.82 Å². The molecule has 0 spiro atoms. The summed E-state index contributed by atoms with van der Waals surface area (Å²) in [6, 6.07) is 0.520. The Balaban J connectivity index is 2.20. The average Bonchev–Trinajstić information content (AvgIpc) is 2.75. The maximum atomic E-state index is 5.89. The van der Waals surface area contributed by atoms with Gasteiger partial charge < -0.3 is 5.32 Å². The first-order valence-corrected chi connectivity index (χ1v) is 5.55. The van der Waals surface area contributed by atoms with Gasteiger partial charge in [0.25, 0.3) is 0 Å². The highest BCUT2D eigenvalue weighted by atomic mass is 35.5. The Labute approximate surface area is 95.2 Å². The molecule has 1 saturated carbocycles. The molecular weight excluding hydrogens is 210 g/mol. The third-order valence-corrected chi connectivity index (χ3v) is 3.65. The molecule has 3 nitrogen and oxygen atoms in total. The van der Waals surface area contributed by atoms with E-state index >= 15 is 0 Å². The van der Waals surface area contributed by atoms with Crippen LogP contribution in [0.1, 0.15) is 31.4 Å². The van der Waals surface area contributed by atoms with Gasteiger partial charge in [0.15, 0.2) is 11.0 Å². The standard InChI is InChI=1S/C11H16ClN3/c1-6-7(2)10(15-14-9(6)12)13-8-5-11(8,3)4/h8H,5H2,1-4H3,(H,13,15). The Morgan fingerprint density at radius 3 is 2.40 bits per heavy atom. The first-order valence-electron chi connectivity index (χ1n) is 5.18. The van der Waals surface area contributed by atoms with E-state index in [-0.39, 0.29) is 0 Å². The molecule has 0 aromatic carbocycles. The van der Waals surface area contributed by atoms with Crippen molar-refractivity contribution in [3.63, 3.8) is 0 Å². The van der Waals surface area contributed by atoms with Crippen LogP contribution in [0.15, 0.2) is 0 Å². The van der Waals surface area contributed by atoms with Crippen molar-refractivity contribution in [1.29, 1.82) is 0 Å².